The highest BCUT2D eigenvalue weighted by molar-refractivity contribution is 6.35. The van der Waals surface area contributed by atoms with Gasteiger partial charge >= 0.3 is 0 Å². The summed E-state index contributed by atoms with van der Waals surface area (Å²) in [6, 6.07) is 12.7. The van der Waals surface area contributed by atoms with E-state index in [1.54, 1.807) is 30.7 Å². The Bertz CT molecular complexity index is 1350. The maximum atomic E-state index is 10.6. The average molecular weight is 504 g/mol. The number of hydrogen-bond acceptors (Lipinski definition) is 5. The molecule has 2 aromatic heterocycles. The van der Waals surface area contributed by atoms with E-state index < -0.39 is 11.0 Å². The molecule has 0 bridgehead atoms. The minimum atomic E-state index is -0.962. The summed E-state index contributed by atoms with van der Waals surface area (Å²) in [7, 11) is 0. The average Bonchev–Trinajstić information content (AvgIpc) is 3.32. The monoisotopic (exact) mass is 502 g/mol. The third kappa shape index (κ3) is 3.75. The van der Waals surface area contributed by atoms with E-state index in [-0.39, 0.29) is 5.89 Å². The first-order valence-electron chi connectivity index (χ1n) is 10.5. The molecule has 1 N–H and O–H groups in total. The van der Waals surface area contributed by atoms with Crippen LogP contribution in [0.4, 0.5) is 0 Å². The van der Waals surface area contributed by atoms with E-state index in [4.69, 9.17) is 44.3 Å². The third-order valence-electron chi connectivity index (χ3n) is 6.34. The van der Waals surface area contributed by atoms with Gasteiger partial charge in [-0.15, -0.1) is 10.2 Å². The van der Waals surface area contributed by atoms with Gasteiger partial charge in [0.1, 0.15) is 0 Å². The molecule has 9 heteroatoms. The van der Waals surface area contributed by atoms with Gasteiger partial charge < -0.3 is 9.52 Å². The molecular formula is C24H21Cl3N4O2. The van der Waals surface area contributed by atoms with Gasteiger partial charge in [0.2, 0.25) is 5.89 Å². The highest BCUT2D eigenvalue weighted by atomic mass is 35.5. The second-order valence-corrected chi connectivity index (χ2v) is 10.2. The number of hydrogen-bond donors (Lipinski definition) is 1. The second-order valence-electron chi connectivity index (χ2n) is 8.89. The van der Waals surface area contributed by atoms with Gasteiger partial charge in [-0.3, -0.25) is 0 Å². The molecule has 1 fully saturated rings. The third-order valence-corrected chi connectivity index (χ3v) is 7.13. The maximum Gasteiger partial charge on any atom is 0.268 e. The van der Waals surface area contributed by atoms with E-state index in [2.05, 4.69) is 10.2 Å². The van der Waals surface area contributed by atoms with Crippen molar-refractivity contribution in [2.75, 3.05) is 0 Å². The van der Waals surface area contributed by atoms with Crippen LogP contribution < -0.4 is 0 Å². The van der Waals surface area contributed by atoms with E-state index in [1.165, 1.54) is 0 Å². The Morgan fingerprint density at radius 3 is 2.27 bits per heavy atom. The molecule has 0 unspecified atom stereocenters. The van der Waals surface area contributed by atoms with Gasteiger partial charge in [-0.05, 0) is 63.9 Å². The van der Waals surface area contributed by atoms with Crippen molar-refractivity contribution in [3.05, 3.63) is 69.0 Å². The number of benzene rings is 2. The summed E-state index contributed by atoms with van der Waals surface area (Å²) in [6.45, 7) is 5.48. The molecule has 170 valence electrons. The molecule has 4 aromatic rings. The number of aliphatic hydroxyl groups is 1. The standard InChI is InChI=1S/C24H21Cl3N4O2/c1-13-19(21-28-29-22(33-21)24(10-11-24)23(2,3)32)30-31(18-9-8-16(26)12-17(18)27)20(13)14-4-6-15(25)7-5-14/h4-9,12,32H,10-11H2,1-3H3. The van der Waals surface area contributed by atoms with E-state index >= 15 is 0 Å². The van der Waals surface area contributed by atoms with Gasteiger partial charge in [-0.2, -0.15) is 5.10 Å². The highest BCUT2D eigenvalue weighted by Gasteiger charge is 2.59. The zero-order chi connectivity index (χ0) is 23.5. The van der Waals surface area contributed by atoms with Crippen LogP contribution in [0.2, 0.25) is 15.1 Å². The summed E-state index contributed by atoms with van der Waals surface area (Å²) in [5.41, 5.74) is 2.27. The normalized spacial score (nSPS) is 15.1. The first-order valence-corrected chi connectivity index (χ1v) is 11.6. The Balaban J connectivity index is 1.68. The predicted molar refractivity (Wildman–Crippen MR) is 129 cm³/mol. The van der Waals surface area contributed by atoms with Gasteiger partial charge in [-0.1, -0.05) is 46.9 Å². The van der Waals surface area contributed by atoms with Crippen LogP contribution in [0, 0.1) is 6.92 Å². The first kappa shape index (κ1) is 22.4. The van der Waals surface area contributed by atoms with Crippen LogP contribution in [0.15, 0.2) is 46.9 Å². The molecule has 0 aliphatic heterocycles. The quantitative estimate of drug-likeness (QED) is 0.329. The van der Waals surface area contributed by atoms with Crippen molar-refractivity contribution in [3.63, 3.8) is 0 Å². The van der Waals surface area contributed by atoms with Gasteiger partial charge in [0.25, 0.3) is 5.89 Å². The van der Waals surface area contributed by atoms with Crippen molar-refractivity contribution in [2.45, 2.75) is 44.6 Å². The van der Waals surface area contributed by atoms with E-state index in [0.717, 1.165) is 29.7 Å². The Kier molecular flexibility index (Phi) is 5.33. The second kappa shape index (κ2) is 7.84. The topological polar surface area (TPSA) is 77.0 Å². The molecule has 6 nitrogen and oxygen atoms in total. The summed E-state index contributed by atoms with van der Waals surface area (Å²) in [4.78, 5) is 0. The summed E-state index contributed by atoms with van der Waals surface area (Å²) in [5.74, 6) is 0.716. The largest absolute Gasteiger partial charge is 0.418 e. The SMILES string of the molecule is Cc1c(-c2nnc(C3(C(C)(C)O)CC3)o2)nn(-c2ccc(Cl)cc2Cl)c1-c1ccc(Cl)cc1. The zero-order valence-electron chi connectivity index (χ0n) is 18.2. The Hall–Kier alpha value is -2.38. The molecule has 1 saturated carbocycles. The lowest BCUT2D eigenvalue weighted by Crippen LogP contribution is -2.36. The minimum Gasteiger partial charge on any atom is -0.418 e. The molecule has 0 atom stereocenters. The fourth-order valence-electron chi connectivity index (χ4n) is 4.20. The molecule has 2 heterocycles. The van der Waals surface area contributed by atoms with Crippen molar-refractivity contribution >= 4 is 34.8 Å². The van der Waals surface area contributed by atoms with Crippen LogP contribution in [-0.4, -0.2) is 30.7 Å². The van der Waals surface area contributed by atoms with Gasteiger partial charge in [-0.25, -0.2) is 4.68 Å². The summed E-state index contributed by atoms with van der Waals surface area (Å²) in [6.07, 6.45) is 1.59. The van der Waals surface area contributed by atoms with Crippen molar-refractivity contribution in [1.82, 2.24) is 20.0 Å². The number of halogens is 3. The van der Waals surface area contributed by atoms with Gasteiger partial charge in [0.15, 0.2) is 5.69 Å². The molecule has 0 radical (unpaired) electrons. The van der Waals surface area contributed by atoms with Crippen LogP contribution >= 0.6 is 34.8 Å². The highest BCUT2D eigenvalue weighted by Crippen LogP contribution is 2.55. The summed E-state index contributed by atoms with van der Waals surface area (Å²) >= 11 is 18.8. The predicted octanol–water partition coefficient (Wildman–Crippen LogP) is 6.66. The molecule has 33 heavy (non-hydrogen) atoms. The van der Waals surface area contributed by atoms with Gasteiger partial charge in [0, 0.05) is 21.2 Å². The van der Waals surface area contributed by atoms with E-state index in [9.17, 15) is 5.11 Å². The molecule has 1 aliphatic carbocycles. The van der Waals surface area contributed by atoms with E-state index in [0.29, 0.717) is 32.3 Å². The van der Waals surface area contributed by atoms with Crippen LogP contribution in [-0.2, 0) is 5.41 Å². The van der Waals surface area contributed by atoms with Gasteiger partial charge in [0.05, 0.1) is 27.4 Å². The number of rotatable bonds is 5. The molecule has 1 aliphatic rings. The zero-order valence-corrected chi connectivity index (χ0v) is 20.5. The molecule has 0 saturated heterocycles. The Morgan fingerprint density at radius 2 is 1.67 bits per heavy atom. The summed E-state index contributed by atoms with van der Waals surface area (Å²) < 4.78 is 7.83. The minimum absolute atomic E-state index is 0.289. The van der Waals surface area contributed by atoms with E-state index in [1.807, 2.05) is 37.3 Å². The molecular weight excluding hydrogens is 483 g/mol. The fourth-order valence-corrected chi connectivity index (χ4v) is 4.81. The summed E-state index contributed by atoms with van der Waals surface area (Å²) in [5, 5.41) is 25.6. The molecule has 5 rings (SSSR count). The lowest BCUT2D eigenvalue weighted by molar-refractivity contribution is 0.0279. The maximum absolute atomic E-state index is 10.6. The van der Waals surface area contributed by atoms with Crippen molar-refractivity contribution < 1.29 is 9.52 Å². The number of aromatic nitrogens is 4. The molecule has 0 spiro atoms. The van der Waals surface area contributed by atoms with Crippen LogP contribution in [0.5, 0.6) is 0 Å². The fraction of sp³-hybridized carbons (Fsp3) is 0.292. The molecule has 2 aromatic carbocycles. The van der Waals surface area contributed by atoms with Crippen LogP contribution in [0.3, 0.4) is 0 Å². The number of nitrogens with zero attached hydrogens (tertiary/aromatic N) is 4. The molecule has 0 amide bonds. The first-order chi connectivity index (χ1) is 15.6. The lowest BCUT2D eigenvalue weighted by atomic mass is 9.87. The Morgan fingerprint density at radius 1 is 1.00 bits per heavy atom. The van der Waals surface area contributed by atoms with Crippen LogP contribution in [0.1, 0.15) is 38.1 Å². The van der Waals surface area contributed by atoms with Crippen molar-refractivity contribution in [1.29, 1.82) is 0 Å². The van der Waals surface area contributed by atoms with Crippen molar-refractivity contribution in [3.8, 4) is 28.5 Å². The lowest BCUT2D eigenvalue weighted by Gasteiger charge is -2.25. The van der Waals surface area contributed by atoms with Crippen LogP contribution in [0.25, 0.3) is 28.5 Å². The smallest absolute Gasteiger partial charge is 0.268 e. The van der Waals surface area contributed by atoms with Crippen molar-refractivity contribution in [2.24, 2.45) is 0 Å². The Labute approximate surface area is 206 Å².